The third-order valence-electron chi connectivity index (χ3n) is 4.28. The molecule has 0 aliphatic carbocycles. The lowest BCUT2D eigenvalue weighted by Crippen LogP contribution is -2.32. The van der Waals surface area contributed by atoms with E-state index in [-0.39, 0.29) is 10.6 Å². The zero-order chi connectivity index (χ0) is 19.6. The predicted octanol–water partition coefficient (Wildman–Crippen LogP) is 1.62. The van der Waals surface area contributed by atoms with E-state index in [0.717, 1.165) is 11.8 Å². The maximum absolute atomic E-state index is 11.8. The van der Waals surface area contributed by atoms with Crippen molar-refractivity contribution in [3.05, 3.63) is 47.5 Å². The first-order valence-corrected chi connectivity index (χ1v) is 10.1. The molecule has 8 nitrogen and oxygen atoms in total. The quantitative estimate of drug-likeness (QED) is 0.588. The van der Waals surface area contributed by atoms with Crippen LogP contribution < -0.4 is 19.9 Å². The van der Waals surface area contributed by atoms with Gasteiger partial charge in [-0.15, -0.1) is 0 Å². The van der Waals surface area contributed by atoms with Crippen LogP contribution in [-0.4, -0.2) is 46.0 Å². The van der Waals surface area contributed by atoms with Crippen LogP contribution >= 0.6 is 0 Å². The summed E-state index contributed by atoms with van der Waals surface area (Å²) in [5.74, 6) is 0.315. The zero-order valence-electron chi connectivity index (χ0n) is 14.9. The Bertz CT molecular complexity index is 974. The Labute approximate surface area is 157 Å². The molecule has 0 aromatic heterocycles. The summed E-state index contributed by atoms with van der Waals surface area (Å²) in [4.78, 5) is 13.8. The molecule has 0 bridgehead atoms. The van der Waals surface area contributed by atoms with E-state index >= 15 is 0 Å². The number of methoxy groups -OCH3 is 1. The standard InChI is InChI=1S/C18H20N2O6S/c1-25-16-9-12(3-6-17(16)27(2,23)24)11-20-7-8-26-15-5-4-13(10-14(15)20)18(21)19-22/h3-6,9-10,22H,7-8,11H2,1-2H3,(H,19,21). The molecule has 2 aromatic carbocycles. The number of hydrogen-bond acceptors (Lipinski definition) is 7. The minimum absolute atomic E-state index is 0.137. The summed E-state index contributed by atoms with van der Waals surface area (Å²) in [5.41, 5.74) is 3.49. The summed E-state index contributed by atoms with van der Waals surface area (Å²) in [6, 6.07) is 9.84. The molecular formula is C18H20N2O6S. The minimum Gasteiger partial charge on any atom is -0.495 e. The average molecular weight is 392 g/mol. The van der Waals surface area contributed by atoms with E-state index in [4.69, 9.17) is 14.7 Å². The molecule has 1 heterocycles. The number of fused-ring (bicyclic) bond motifs is 1. The highest BCUT2D eigenvalue weighted by molar-refractivity contribution is 7.90. The molecule has 3 rings (SSSR count). The van der Waals surface area contributed by atoms with E-state index < -0.39 is 15.7 Å². The molecule has 1 aliphatic heterocycles. The van der Waals surface area contributed by atoms with Crippen LogP contribution in [0.4, 0.5) is 5.69 Å². The molecule has 0 atom stereocenters. The number of carbonyl (C=O) groups is 1. The van der Waals surface area contributed by atoms with E-state index in [1.54, 1.807) is 35.8 Å². The molecule has 2 N–H and O–H groups in total. The lowest BCUT2D eigenvalue weighted by molar-refractivity contribution is 0.0706. The van der Waals surface area contributed by atoms with E-state index in [1.165, 1.54) is 13.2 Å². The number of hydroxylamine groups is 1. The van der Waals surface area contributed by atoms with Crippen molar-refractivity contribution in [3.63, 3.8) is 0 Å². The van der Waals surface area contributed by atoms with Crippen molar-refractivity contribution in [1.29, 1.82) is 0 Å². The Kier molecular flexibility index (Phi) is 5.24. The third-order valence-corrected chi connectivity index (χ3v) is 5.42. The normalized spacial score (nSPS) is 13.5. The first-order chi connectivity index (χ1) is 12.8. The van der Waals surface area contributed by atoms with Gasteiger partial charge in [0.15, 0.2) is 9.84 Å². The highest BCUT2D eigenvalue weighted by Gasteiger charge is 2.21. The molecule has 0 unspecified atom stereocenters. The number of amides is 1. The van der Waals surface area contributed by atoms with Gasteiger partial charge in [-0.25, -0.2) is 13.9 Å². The van der Waals surface area contributed by atoms with Gasteiger partial charge in [0, 0.05) is 18.4 Å². The molecule has 0 fully saturated rings. The number of anilines is 1. The fourth-order valence-electron chi connectivity index (χ4n) is 2.98. The summed E-state index contributed by atoms with van der Waals surface area (Å²) in [6.45, 7) is 1.55. The zero-order valence-corrected chi connectivity index (χ0v) is 15.7. The lowest BCUT2D eigenvalue weighted by atomic mass is 10.1. The van der Waals surface area contributed by atoms with E-state index in [0.29, 0.717) is 36.7 Å². The van der Waals surface area contributed by atoms with E-state index in [2.05, 4.69) is 0 Å². The number of hydrogen-bond donors (Lipinski definition) is 2. The van der Waals surface area contributed by atoms with Crippen molar-refractivity contribution < 1.29 is 27.9 Å². The van der Waals surface area contributed by atoms with Crippen LogP contribution in [0.25, 0.3) is 0 Å². The summed E-state index contributed by atoms with van der Waals surface area (Å²) in [5, 5.41) is 8.84. The van der Waals surface area contributed by atoms with Crippen molar-refractivity contribution in [2.45, 2.75) is 11.4 Å². The molecule has 144 valence electrons. The summed E-state index contributed by atoms with van der Waals surface area (Å²) in [7, 11) is -1.96. The summed E-state index contributed by atoms with van der Waals surface area (Å²) in [6.07, 6.45) is 1.14. The third kappa shape index (κ3) is 3.99. The number of nitrogens with one attached hydrogen (secondary N) is 1. The molecule has 1 amide bonds. The largest absolute Gasteiger partial charge is 0.495 e. The maximum atomic E-state index is 11.8. The average Bonchev–Trinajstić information content (AvgIpc) is 2.66. The molecule has 27 heavy (non-hydrogen) atoms. The van der Waals surface area contributed by atoms with Gasteiger partial charge in [0.05, 0.1) is 19.3 Å². The molecule has 0 saturated carbocycles. The fraction of sp³-hybridized carbons (Fsp3) is 0.278. The van der Waals surface area contributed by atoms with Crippen LogP contribution in [0, 0.1) is 0 Å². The van der Waals surface area contributed by atoms with Gasteiger partial charge in [0.2, 0.25) is 0 Å². The highest BCUT2D eigenvalue weighted by atomic mass is 32.2. The predicted molar refractivity (Wildman–Crippen MR) is 98.3 cm³/mol. The van der Waals surface area contributed by atoms with Crippen LogP contribution in [0.1, 0.15) is 15.9 Å². The van der Waals surface area contributed by atoms with Crippen molar-refractivity contribution in [1.82, 2.24) is 5.48 Å². The molecular weight excluding hydrogens is 372 g/mol. The molecule has 0 radical (unpaired) electrons. The number of benzene rings is 2. The van der Waals surface area contributed by atoms with Gasteiger partial charge >= 0.3 is 0 Å². The molecule has 1 aliphatic rings. The van der Waals surface area contributed by atoms with Gasteiger partial charge < -0.3 is 14.4 Å². The Morgan fingerprint density at radius 1 is 1.30 bits per heavy atom. The number of ether oxygens (including phenoxy) is 2. The van der Waals surface area contributed by atoms with Gasteiger partial charge in [-0.05, 0) is 35.9 Å². The molecule has 0 saturated heterocycles. The number of carbonyl (C=O) groups excluding carboxylic acids is 1. The summed E-state index contributed by atoms with van der Waals surface area (Å²) >= 11 is 0. The molecule has 0 spiro atoms. The number of sulfone groups is 1. The van der Waals surface area contributed by atoms with Crippen molar-refractivity contribution in [2.24, 2.45) is 0 Å². The van der Waals surface area contributed by atoms with Crippen LogP contribution in [0.2, 0.25) is 0 Å². The van der Waals surface area contributed by atoms with Crippen molar-refractivity contribution in [3.8, 4) is 11.5 Å². The number of rotatable bonds is 5. The first-order valence-electron chi connectivity index (χ1n) is 8.16. The van der Waals surface area contributed by atoms with Crippen LogP contribution in [0.5, 0.6) is 11.5 Å². The number of nitrogens with zero attached hydrogens (tertiary/aromatic N) is 1. The Morgan fingerprint density at radius 2 is 2.07 bits per heavy atom. The SMILES string of the molecule is COc1cc(CN2CCOc3ccc(C(=O)NO)cc32)ccc1S(C)(=O)=O. The smallest absolute Gasteiger partial charge is 0.274 e. The van der Waals surface area contributed by atoms with Gasteiger partial charge in [0.1, 0.15) is 23.0 Å². The van der Waals surface area contributed by atoms with Gasteiger partial charge in [0.25, 0.3) is 5.91 Å². The maximum Gasteiger partial charge on any atom is 0.274 e. The monoisotopic (exact) mass is 392 g/mol. The Hall–Kier alpha value is -2.78. The van der Waals surface area contributed by atoms with Gasteiger partial charge in [-0.1, -0.05) is 6.07 Å². The van der Waals surface area contributed by atoms with Gasteiger partial charge in [-0.2, -0.15) is 0 Å². The topological polar surface area (TPSA) is 105 Å². The lowest BCUT2D eigenvalue weighted by Gasteiger charge is -2.31. The second-order valence-corrected chi connectivity index (χ2v) is 8.13. The van der Waals surface area contributed by atoms with Crippen LogP contribution in [0.15, 0.2) is 41.3 Å². The van der Waals surface area contributed by atoms with Crippen LogP contribution in [0.3, 0.4) is 0 Å². The van der Waals surface area contributed by atoms with Crippen LogP contribution in [-0.2, 0) is 16.4 Å². The van der Waals surface area contributed by atoms with Gasteiger partial charge in [-0.3, -0.25) is 10.0 Å². The molecule has 9 heteroatoms. The van der Waals surface area contributed by atoms with Crippen molar-refractivity contribution >= 4 is 21.4 Å². The minimum atomic E-state index is -3.39. The fourth-order valence-corrected chi connectivity index (χ4v) is 3.80. The van der Waals surface area contributed by atoms with E-state index in [1.807, 2.05) is 4.90 Å². The van der Waals surface area contributed by atoms with Crippen molar-refractivity contribution in [2.75, 3.05) is 31.4 Å². The van der Waals surface area contributed by atoms with E-state index in [9.17, 15) is 13.2 Å². The second-order valence-electron chi connectivity index (χ2n) is 6.15. The highest BCUT2D eigenvalue weighted by Crippen LogP contribution is 2.34. The molecule has 2 aromatic rings. The summed E-state index contributed by atoms with van der Waals surface area (Å²) < 4.78 is 34.5. The first kappa shape index (κ1) is 19.0. The second kappa shape index (κ2) is 7.45. The Balaban J connectivity index is 1.93. The Morgan fingerprint density at radius 3 is 2.74 bits per heavy atom.